The highest BCUT2D eigenvalue weighted by Crippen LogP contribution is 2.54. The molecule has 14 N–H and O–H groups in total. The van der Waals surface area contributed by atoms with Crippen molar-refractivity contribution in [3.8, 4) is 80.5 Å². The minimum Gasteiger partial charge on any atom is -0.508 e. The maximum atomic E-state index is 12.5. The van der Waals surface area contributed by atoms with Crippen LogP contribution in [0.15, 0.2) is 194 Å². The maximum absolute atomic E-state index is 12.5. The van der Waals surface area contributed by atoms with Crippen molar-refractivity contribution in [1.29, 1.82) is 0 Å². The second-order valence-electron chi connectivity index (χ2n) is 43.3. The predicted molar refractivity (Wildman–Crippen MR) is 578 cm³/mol. The molecule has 4 aliphatic carbocycles. The average molecular weight is 1930 g/mol. The summed E-state index contributed by atoms with van der Waals surface area (Å²) in [5.41, 5.74) is 33.1. The predicted octanol–water partition coefficient (Wildman–Crippen LogP) is 30.8. The van der Waals surface area contributed by atoms with Crippen molar-refractivity contribution < 1.29 is 71.5 Å². The number of aryl methyl sites for hydroxylation is 14. The van der Waals surface area contributed by atoms with Gasteiger partial charge in [0.25, 0.3) is 0 Å². The molecule has 4 saturated carbocycles. The molecular weight excluding hydrogens is 1790 g/mol. The van der Waals surface area contributed by atoms with Gasteiger partial charge in [-0.3, -0.25) is 0 Å². The van der Waals surface area contributed by atoms with Gasteiger partial charge in [0.05, 0.1) is 0 Å². The third-order valence-corrected chi connectivity index (χ3v) is 32.7. The largest absolute Gasteiger partial charge is 0.508 e. The van der Waals surface area contributed by atoms with Crippen LogP contribution < -0.4 is 0 Å². The van der Waals surface area contributed by atoms with Gasteiger partial charge in [0, 0.05) is 71.6 Å². The van der Waals surface area contributed by atoms with Crippen LogP contribution in [-0.4, -0.2) is 71.5 Å². The molecule has 0 aliphatic heterocycles. The van der Waals surface area contributed by atoms with Crippen molar-refractivity contribution in [2.45, 2.75) is 298 Å². The first-order valence-corrected chi connectivity index (χ1v) is 52.3. The van der Waals surface area contributed by atoms with Crippen molar-refractivity contribution in [3.63, 3.8) is 0 Å². The Morgan fingerprint density at radius 2 is 0.347 bits per heavy atom. The molecule has 4 fully saturated rings. The lowest BCUT2D eigenvalue weighted by Crippen LogP contribution is -2.13. The van der Waals surface area contributed by atoms with E-state index in [4.69, 9.17) is 0 Å². The first-order valence-electron chi connectivity index (χ1n) is 52.3. The Morgan fingerprint density at radius 1 is 0.174 bits per heavy atom. The highest BCUT2D eigenvalue weighted by molar-refractivity contribution is 5.66. The van der Waals surface area contributed by atoms with Gasteiger partial charge >= 0.3 is 0 Å². The van der Waals surface area contributed by atoms with E-state index >= 15 is 0 Å². The summed E-state index contributed by atoms with van der Waals surface area (Å²) in [6, 6.07) is 62.1. The molecule has 14 heteroatoms. The average Bonchev–Trinajstić information content (AvgIpc) is 0.547. The lowest BCUT2D eigenvalue weighted by molar-refractivity contribution is 0.412. The van der Waals surface area contributed by atoms with Crippen LogP contribution in [0, 0.1) is 96.9 Å². The normalized spacial score (nSPS) is 14.7. The minimum absolute atomic E-state index is 0.111. The second kappa shape index (κ2) is 43.1. The van der Waals surface area contributed by atoms with Gasteiger partial charge in [0.2, 0.25) is 0 Å². The minimum atomic E-state index is -0.425. The van der Waals surface area contributed by atoms with E-state index in [1.54, 1.807) is 48.5 Å². The number of rotatable bonds is 24. The van der Waals surface area contributed by atoms with Crippen LogP contribution in [-0.2, 0) is 25.7 Å². The smallest absolute Gasteiger partial charge is 0.122 e. The van der Waals surface area contributed by atoms with Crippen LogP contribution in [0.4, 0.5) is 0 Å². The van der Waals surface area contributed by atoms with Gasteiger partial charge in [-0.2, -0.15) is 0 Å². The molecule has 0 heterocycles. The molecule has 0 spiro atoms. The summed E-state index contributed by atoms with van der Waals surface area (Å²) in [7, 11) is 0. The van der Waals surface area contributed by atoms with E-state index in [2.05, 4.69) is 83.1 Å². The van der Waals surface area contributed by atoms with E-state index in [0.29, 0.717) is 82.1 Å². The van der Waals surface area contributed by atoms with Gasteiger partial charge in [-0.1, -0.05) is 210 Å². The lowest BCUT2D eigenvalue weighted by atomic mass is 9.75. The second-order valence-corrected chi connectivity index (χ2v) is 43.3. The Bertz CT molecular complexity index is 6510. The van der Waals surface area contributed by atoms with Gasteiger partial charge in [-0.25, -0.2) is 0 Å². The van der Waals surface area contributed by atoms with Gasteiger partial charge in [0.1, 0.15) is 80.5 Å². The van der Waals surface area contributed by atoms with Crippen LogP contribution >= 0.6 is 0 Å². The summed E-state index contributed by atoms with van der Waals surface area (Å²) in [5, 5.41) is 161. The number of aromatic hydroxyl groups is 14. The molecule has 0 bridgehead atoms. The van der Waals surface area contributed by atoms with Crippen LogP contribution in [0.2, 0.25) is 0 Å². The quantitative estimate of drug-likeness (QED) is 0.0251. The molecule has 0 saturated heterocycles. The zero-order valence-corrected chi connectivity index (χ0v) is 86.3. The third kappa shape index (κ3) is 21.6. The van der Waals surface area contributed by atoms with Crippen molar-refractivity contribution >= 4 is 0 Å². The van der Waals surface area contributed by atoms with Gasteiger partial charge in [-0.05, 0) is 423 Å². The fourth-order valence-corrected chi connectivity index (χ4v) is 24.7. The summed E-state index contributed by atoms with van der Waals surface area (Å²) < 4.78 is 0. The van der Waals surface area contributed by atoms with Crippen LogP contribution in [0.3, 0.4) is 0 Å². The lowest BCUT2D eigenvalue weighted by Gasteiger charge is -2.29. The van der Waals surface area contributed by atoms with E-state index in [-0.39, 0.29) is 81.2 Å². The zero-order chi connectivity index (χ0) is 102. The highest BCUT2D eigenvalue weighted by atomic mass is 16.3. The van der Waals surface area contributed by atoms with Gasteiger partial charge in [0.15, 0.2) is 0 Å². The molecule has 0 atom stereocenters. The monoisotopic (exact) mass is 1930 g/mol. The SMILES string of the molecule is Cc1cc(Cc2ccc(O)c(C(c3cc(C)c(O)cc3C)c3cc(C)c(O)cc3C)c2)c(O)c(Cc2ccc(O)c(C(c3cc(C)c(O)cc3C)c3cc(C)c(O)cc3C)c2)c1.Cc1cc(Cc2ccc(O)c(C(c3cc(C4CCCCC4)c(O)cc3C)c3cc(C4CCCCC4)c(O)cc3C)c2)c(O)c(Cc2ccc(O)c(C(c3cc(C4CCCCC4)c(O)cc3C)c3cc(C4CCCCC4)c(O)cc3C)c2)c1. The summed E-state index contributed by atoms with van der Waals surface area (Å²) in [6.45, 7) is 27.5. The number of phenols is 14. The summed E-state index contributed by atoms with van der Waals surface area (Å²) >= 11 is 0. The Balaban J connectivity index is 0.000000206. The molecule has 748 valence electrons. The van der Waals surface area contributed by atoms with Crippen molar-refractivity contribution in [2.75, 3.05) is 0 Å². The molecule has 18 rings (SSSR count). The summed E-state index contributed by atoms with van der Waals surface area (Å²) in [4.78, 5) is 0. The number of benzene rings is 14. The molecule has 0 radical (unpaired) electrons. The molecule has 14 aromatic rings. The topological polar surface area (TPSA) is 283 Å². The van der Waals surface area contributed by atoms with Crippen molar-refractivity contribution in [2.24, 2.45) is 0 Å². The molecule has 144 heavy (non-hydrogen) atoms. The van der Waals surface area contributed by atoms with Gasteiger partial charge < -0.3 is 71.5 Å². The fraction of sp³-hybridized carbons (Fsp3) is 0.354. The molecule has 0 amide bonds. The number of hydrogen-bond donors (Lipinski definition) is 14. The first-order chi connectivity index (χ1) is 68.9. The molecule has 0 unspecified atom stereocenters. The highest BCUT2D eigenvalue weighted by Gasteiger charge is 2.36. The van der Waals surface area contributed by atoms with Crippen LogP contribution in [0.1, 0.15) is 387 Å². The van der Waals surface area contributed by atoms with Crippen molar-refractivity contribution in [1.82, 2.24) is 0 Å². The van der Waals surface area contributed by atoms with E-state index in [9.17, 15) is 71.5 Å². The Labute approximate surface area is 850 Å². The molecular formula is C130H144O14. The summed E-state index contributed by atoms with van der Waals surface area (Å²) in [6.07, 6.45) is 23.7. The first kappa shape index (κ1) is 102. The number of hydrogen-bond acceptors (Lipinski definition) is 14. The van der Waals surface area contributed by atoms with Crippen molar-refractivity contribution in [3.05, 3.63) is 406 Å². The molecule has 4 aliphatic rings. The Hall–Kier alpha value is -13.7. The summed E-state index contributed by atoms with van der Waals surface area (Å²) in [5.74, 6) is 2.39. The molecule has 0 aromatic heterocycles. The number of phenolic OH excluding ortho intramolecular Hbond substituents is 14. The van der Waals surface area contributed by atoms with E-state index in [1.165, 1.54) is 25.7 Å². The van der Waals surface area contributed by atoms with E-state index < -0.39 is 23.7 Å². The van der Waals surface area contributed by atoms with E-state index in [0.717, 1.165) is 281 Å². The van der Waals surface area contributed by atoms with Crippen LogP contribution in [0.25, 0.3) is 0 Å². The zero-order valence-electron chi connectivity index (χ0n) is 86.3. The molecule has 14 nitrogen and oxygen atoms in total. The molecule has 14 aromatic carbocycles. The van der Waals surface area contributed by atoms with Crippen LogP contribution in [0.5, 0.6) is 80.5 Å². The maximum Gasteiger partial charge on any atom is 0.122 e. The Kier molecular flexibility index (Phi) is 30.4. The standard InChI is InChI=1S/C75H88O7.C55H56O7/c1-44-30-55(36-49-26-28-67(76)65(38-49)73(57-40-61(69(78)32-45(57)2)51-18-10-6-11-19-51)58-41-62(70(79)33-46(58)3)52-20-12-7-13-21-52)75(82)56(31-44)37-50-27-29-68(77)66(39-50)74(59-42-63(71(80)34-47(59)4)53-22-14-8-15-23-53)60-43-64(72(81)35-48(60)5)54-24-16-9-17-25-54;1-28-14-39(24-37-10-12-47(56)45(26-37)53(41-16-33(6)49(58)20-29(41)2)42-17-34(7)50(59)21-30(42)3)55(62)40(15-28)25-38-11-13-48(57)46(27-38)54(43-18-35(8)51(60)22-31(43)4)44-19-36(9)52(61)23-32(44)5/h26-35,38-43,51-54,73-74,76-82H,6-25,36-37H2,1-5H3;10-23,26-27,53-54,56-62H,24-25H2,1-9H3. The van der Waals surface area contributed by atoms with E-state index in [1.807, 2.05) is 159 Å². The van der Waals surface area contributed by atoms with Gasteiger partial charge in [-0.15, -0.1) is 0 Å². The fourth-order valence-electron chi connectivity index (χ4n) is 24.7. The third-order valence-electron chi connectivity index (χ3n) is 32.7. The Morgan fingerprint density at radius 3 is 0.535 bits per heavy atom.